The first kappa shape index (κ1) is 18.9. The van der Waals surface area contributed by atoms with Crippen LogP contribution in [0.3, 0.4) is 0 Å². The number of esters is 1. The van der Waals surface area contributed by atoms with E-state index in [4.69, 9.17) is 23.7 Å². The highest BCUT2D eigenvalue weighted by molar-refractivity contribution is 5.82. The summed E-state index contributed by atoms with van der Waals surface area (Å²) in [5.74, 6) is 0.568. The van der Waals surface area contributed by atoms with Gasteiger partial charge in [0.15, 0.2) is 24.2 Å². The Morgan fingerprint density at radius 2 is 1.84 bits per heavy atom. The second-order valence-electron chi connectivity index (χ2n) is 5.42. The topological polar surface area (TPSA) is 92.3 Å². The van der Waals surface area contributed by atoms with Crippen LogP contribution in [0.4, 0.5) is 0 Å². The molecular formula is C17H23NO7. The average molecular weight is 353 g/mol. The van der Waals surface area contributed by atoms with Crippen molar-refractivity contribution in [3.8, 4) is 17.2 Å². The summed E-state index contributed by atoms with van der Waals surface area (Å²) in [6, 6.07) is 3.47. The van der Waals surface area contributed by atoms with Crippen LogP contribution in [0.15, 0.2) is 12.1 Å². The number of carbonyl (C=O) groups is 2. The van der Waals surface area contributed by atoms with Gasteiger partial charge in [-0.25, -0.2) is 4.79 Å². The molecule has 8 heteroatoms. The fraction of sp³-hybridized carbons (Fsp3) is 0.529. The zero-order chi connectivity index (χ0) is 18.2. The summed E-state index contributed by atoms with van der Waals surface area (Å²) in [6.45, 7) is 0.434. The monoisotopic (exact) mass is 353 g/mol. The summed E-state index contributed by atoms with van der Waals surface area (Å²) in [4.78, 5) is 23.5. The lowest BCUT2D eigenvalue weighted by molar-refractivity contribution is -0.157. The second-order valence-corrected chi connectivity index (χ2v) is 5.42. The molecule has 0 spiro atoms. The summed E-state index contributed by atoms with van der Waals surface area (Å²) in [6.07, 6.45) is 0.904. The maximum Gasteiger partial charge on any atom is 0.335 e. The number of hydrogen-bond acceptors (Lipinski definition) is 7. The standard InChI is InChI=1S/C17H23NO7/c1-21-13-7-11(8-14(22-2)16(13)23-3)9-18-15(19)10-25-17(20)12-5-4-6-24-12/h7-8,12H,4-6,9-10H2,1-3H3,(H,18,19)/t12-/m1/s1. The van der Waals surface area contributed by atoms with E-state index >= 15 is 0 Å². The quantitative estimate of drug-likeness (QED) is 0.698. The predicted octanol–water partition coefficient (Wildman–Crippen LogP) is 1.05. The Labute approximate surface area is 146 Å². The van der Waals surface area contributed by atoms with Gasteiger partial charge in [-0.2, -0.15) is 0 Å². The Balaban J connectivity index is 1.87. The van der Waals surface area contributed by atoms with Crippen molar-refractivity contribution in [2.24, 2.45) is 0 Å². The van der Waals surface area contributed by atoms with E-state index in [9.17, 15) is 9.59 Å². The first-order chi connectivity index (χ1) is 12.1. The van der Waals surface area contributed by atoms with E-state index in [1.165, 1.54) is 21.3 Å². The van der Waals surface area contributed by atoms with Crippen LogP contribution in [-0.2, 0) is 25.6 Å². The molecule has 1 N–H and O–H groups in total. The number of carbonyl (C=O) groups excluding carboxylic acids is 2. The van der Waals surface area contributed by atoms with Crippen molar-refractivity contribution in [3.63, 3.8) is 0 Å². The van der Waals surface area contributed by atoms with E-state index in [0.717, 1.165) is 12.0 Å². The molecule has 1 atom stereocenters. The van der Waals surface area contributed by atoms with E-state index in [-0.39, 0.29) is 13.2 Å². The zero-order valence-corrected chi connectivity index (χ0v) is 14.6. The van der Waals surface area contributed by atoms with Gasteiger partial charge in [-0.1, -0.05) is 0 Å². The fourth-order valence-electron chi connectivity index (χ4n) is 2.48. The Hall–Kier alpha value is -2.48. The van der Waals surface area contributed by atoms with Crippen LogP contribution in [0.2, 0.25) is 0 Å². The highest BCUT2D eigenvalue weighted by Crippen LogP contribution is 2.38. The third kappa shape index (κ3) is 4.99. The smallest absolute Gasteiger partial charge is 0.335 e. The van der Waals surface area contributed by atoms with E-state index in [0.29, 0.717) is 30.3 Å². The van der Waals surface area contributed by atoms with Gasteiger partial charge in [-0.05, 0) is 30.5 Å². The molecule has 0 bridgehead atoms. The van der Waals surface area contributed by atoms with Crippen LogP contribution < -0.4 is 19.5 Å². The third-order valence-electron chi connectivity index (χ3n) is 3.75. The average Bonchev–Trinajstić information content (AvgIpc) is 3.18. The Morgan fingerprint density at radius 3 is 2.36 bits per heavy atom. The number of ether oxygens (including phenoxy) is 5. The van der Waals surface area contributed by atoms with Crippen molar-refractivity contribution in [2.75, 3.05) is 34.5 Å². The molecule has 0 aliphatic carbocycles. The molecule has 1 amide bonds. The van der Waals surface area contributed by atoms with Crippen LogP contribution in [0.1, 0.15) is 18.4 Å². The summed E-state index contributed by atoms with van der Waals surface area (Å²) >= 11 is 0. The van der Waals surface area contributed by atoms with Gasteiger partial charge in [0.1, 0.15) is 0 Å². The molecule has 1 aromatic rings. The molecule has 1 fully saturated rings. The van der Waals surface area contributed by atoms with Gasteiger partial charge in [0.2, 0.25) is 5.75 Å². The molecule has 0 unspecified atom stereocenters. The molecule has 0 aromatic heterocycles. The van der Waals surface area contributed by atoms with Gasteiger partial charge in [0, 0.05) is 13.2 Å². The Kier molecular flexibility index (Phi) is 6.88. The van der Waals surface area contributed by atoms with Crippen molar-refractivity contribution in [3.05, 3.63) is 17.7 Å². The minimum Gasteiger partial charge on any atom is -0.493 e. The minimum absolute atomic E-state index is 0.229. The molecule has 0 radical (unpaired) electrons. The Morgan fingerprint density at radius 1 is 1.16 bits per heavy atom. The number of hydrogen-bond donors (Lipinski definition) is 1. The van der Waals surface area contributed by atoms with Crippen molar-refractivity contribution < 1.29 is 33.3 Å². The van der Waals surface area contributed by atoms with Gasteiger partial charge >= 0.3 is 5.97 Å². The van der Waals surface area contributed by atoms with E-state index < -0.39 is 18.0 Å². The highest BCUT2D eigenvalue weighted by atomic mass is 16.6. The Bertz CT molecular complexity index is 586. The van der Waals surface area contributed by atoms with Crippen LogP contribution in [0.5, 0.6) is 17.2 Å². The normalized spacial score (nSPS) is 16.2. The molecule has 138 valence electrons. The molecule has 2 rings (SSSR count). The second kappa shape index (κ2) is 9.12. The first-order valence-corrected chi connectivity index (χ1v) is 7.92. The van der Waals surface area contributed by atoms with E-state index in [1.54, 1.807) is 12.1 Å². The molecule has 1 heterocycles. The zero-order valence-electron chi connectivity index (χ0n) is 14.6. The molecule has 1 aliphatic heterocycles. The molecule has 8 nitrogen and oxygen atoms in total. The fourth-order valence-corrected chi connectivity index (χ4v) is 2.48. The van der Waals surface area contributed by atoms with Gasteiger partial charge in [-0.15, -0.1) is 0 Å². The number of nitrogens with one attached hydrogen (secondary N) is 1. The van der Waals surface area contributed by atoms with Crippen molar-refractivity contribution in [1.29, 1.82) is 0 Å². The largest absolute Gasteiger partial charge is 0.493 e. The third-order valence-corrected chi connectivity index (χ3v) is 3.75. The summed E-state index contributed by atoms with van der Waals surface area (Å²) in [5.41, 5.74) is 0.758. The summed E-state index contributed by atoms with van der Waals surface area (Å²) < 4.78 is 25.9. The van der Waals surface area contributed by atoms with Crippen molar-refractivity contribution >= 4 is 11.9 Å². The number of amides is 1. The number of rotatable bonds is 8. The molecule has 0 saturated carbocycles. The molecule has 25 heavy (non-hydrogen) atoms. The van der Waals surface area contributed by atoms with E-state index in [1.807, 2.05) is 0 Å². The van der Waals surface area contributed by atoms with Crippen LogP contribution >= 0.6 is 0 Å². The molecule has 1 aromatic carbocycles. The number of benzene rings is 1. The van der Waals surface area contributed by atoms with Crippen LogP contribution in [0, 0.1) is 0 Å². The SMILES string of the molecule is COc1cc(CNC(=O)COC(=O)[C@H]2CCCO2)cc(OC)c1OC. The minimum atomic E-state index is -0.553. The maximum absolute atomic E-state index is 11.9. The first-order valence-electron chi connectivity index (χ1n) is 7.92. The lowest BCUT2D eigenvalue weighted by Gasteiger charge is -2.14. The highest BCUT2D eigenvalue weighted by Gasteiger charge is 2.25. The van der Waals surface area contributed by atoms with Gasteiger partial charge in [-0.3, -0.25) is 4.79 Å². The van der Waals surface area contributed by atoms with Gasteiger partial charge in [0.25, 0.3) is 5.91 Å². The van der Waals surface area contributed by atoms with Gasteiger partial charge in [0.05, 0.1) is 21.3 Å². The van der Waals surface area contributed by atoms with Crippen molar-refractivity contribution in [2.45, 2.75) is 25.5 Å². The van der Waals surface area contributed by atoms with Crippen molar-refractivity contribution in [1.82, 2.24) is 5.32 Å². The molecular weight excluding hydrogens is 330 g/mol. The predicted molar refractivity (Wildman–Crippen MR) is 87.9 cm³/mol. The van der Waals surface area contributed by atoms with E-state index in [2.05, 4.69) is 5.32 Å². The molecule has 1 saturated heterocycles. The van der Waals surface area contributed by atoms with Crippen LogP contribution in [-0.4, -0.2) is 52.5 Å². The van der Waals surface area contributed by atoms with Gasteiger partial charge < -0.3 is 29.0 Å². The lowest BCUT2D eigenvalue weighted by atomic mass is 10.1. The summed E-state index contributed by atoms with van der Waals surface area (Å²) in [7, 11) is 4.55. The maximum atomic E-state index is 11.9. The summed E-state index contributed by atoms with van der Waals surface area (Å²) in [5, 5.41) is 2.68. The lowest BCUT2D eigenvalue weighted by Crippen LogP contribution is -2.31. The molecule has 1 aliphatic rings. The van der Waals surface area contributed by atoms with Crippen LogP contribution in [0.25, 0.3) is 0 Å². The number of methoxy groups -OCH3 is 3.